The molecule has 0 spiro atoms. The minimum Gasteiger partial charge on any atom is -0.508 e. The number of imidazole rings is 1. The van der Waals surface area contributed by atoms with Crippen molar-refractivity contribution in [3.63, 3.8) is 0 Å². The van der Waals surface area contributed by atoms with Crippen LogP contribution in [0, 0.1) is 0 Å². The zero-order chi connectivity index (χ0) is 22.1. The van der Waals surface area contributed by atoms with Gasteiger partial charge in [0.2, 0.25) is 5.88 Å². The molecule has 2 N–H and O–H groups in total. The van der Waals surface area contributed by atoms with Gasteiger partial charge in [-0.05, 0) is 47.5 Å². The number of phenols is 1. The number of halogens is 1. The van der Waals surface area contributed by atoms with Crippen molar-refractivity contribution in [1.29, 1.82) is 0 Å². The Bertz CT molecular complexity index is 1380. The van der Waals surface area contributed by atoms with E-state index >= 15 is 0 Å². The molecule has 0 atom stereocenters. The molecule has 5 nitrogen and oxygen atoms in total. The largest absolute Gasteiger partial charge is 0.508 e. The average Bonchev–Trinajstić information content (AvgIpc) is 3.12. The van der Waals surface area contributed by atoms with Crippen molar-refractivity contribution in [3.8, 4) is 22.9 Å². The van der Waals surface area contributed by atoms with E-state index in [-0.39, 0.29) is 11.6 Å². The molecule has 32 heavy (non-hydrogen) atoms. The fourth-order valence-corrected chi connectivity index (χ4v) is 4.00. The highest BCUT2D eigenvalue weighted by Crippen LogP contribution is 2.29. The molecular formula is C26H20BrN3O2. The molecule has 6 heteroatoms. The molecule has 0 saturated heterocycles. The molecule has 158 valence electrons. The van der Waals surface area contributed by atoms with Crippen LogP contribution in [0.1, 0.15) is 22.5 Å². The number of hydrogen-bond donors (Lipinski definition) is 2. The molecule has 0 amide bonds. The number of nitrogens with zero attached hydrogens (tertiary/aromatic N) is 3. The van der Waals surface area contributed by atoms with Crippen LogP contribution in [0.4, 0.5) is 0 Å². The van der Waals surface area contributed by atoms with Crippen molar-refractivity contribution in [3.05, 3.63) is 112 Å². The molecule has 5 aromatic rings. The van der Waals surface area contributed by atoms with Crippen molar-refractivity contribution in [2.75, 3.05) is 0 Å². The lowest BCUT2D eigenvalue weighted by atomic mass is 10.1. The van der Waals surface area contributed by atoms with E-state index in [9.17, 15) is 10.2 Å². The normalized spacial score (nSPS) is 11.2. The Kier molecular flexibility index (Phi) is 5.37. The van der Waals surface area contributed by atoms with E-state index in [1.807, 2.05) is 54.6 Å². The molecular weight excluding hydrogens is 466 g/mol. The maximum Gasteiger partial charge on any atom is 0.219 e. The van der Waals surface area contributed by atoms with E-state index in [1.54, 1.807) is 22.7 Å². The number of phenolic OH excluding ortho intramolecular Hbond substituents is 1. The fraction of sp³-hybridized carbons (Fsp3) is 0.0769. The highest BCUT2D eigenvalue weighted by atomic mass is 79.9. The fourth-order valence-electron chi connectivity index (χ4n) is 3.74. The van der Waals surface area contributed by atoms with Gasteiger partial charge in [-0.1, -0.05) is 58.4 Å². The van der Waals surface area contributed by atoms with Crippen molar-refractivity contribution in [2.24, 2.45) is 0 Å². The Labute approximate surface area is 193 Å². The minimum absolute atomic E-state index is 0.111. The first kappa shape index (κ1) is 20.3. The van der Waals surface area contributed by atoms with Crippen LogP contribution in [-0.4, -0.2) is 24.6 Å². The van der Waals surface area contributed by atoms with Gasteiger partial charge in [-0.3, -0.25) is 4.40 Å². The predicted molar refractivity (Wildman–Crippen MR) is 128 cm³/mol. The number of rotatable bonds is 5. The summed E-state index contributed by atoms with van der Waals surface area (Å²) in [7, 11) is 0. The van der Waals surface area contributed by atoms with Crippen LogP contribution < -0.4 is 0 Å². The van der Waals surface area contributed by atoms with Gasteiger partial charge in [-0.15, -0.1) is 0 Å². The summed E-state index contributed by atoms with van der Waals surface area (Å²) in [4.78, 5) is 9.66. The molecule has 2 heterocycles. The Morgan fingerprint density at radius 1 is 0.719 bits per heavy atom. The zero-order valence-electron chi connectivity index (χ0n) is 17.1. The van der Waals surface area contributed by atoms with Gasteiger partial charge in [0.25, 0.3) is 0 Å². The van der Waals surface area contributed by atoms with E-state index in [0.29, 0.717) is 29.9 Å². The molecule has 0 aliphatic carbocycles. The van der Waals surface area contributed by atoms with Crippen LogP contribution in [0.25, 0.3) is 16.9 Å². The van der Waals surface area contributed by atoms with Crippen molar-refractivity contribution in [2.45, 2.75) is 12.8 Å². The maximum atomic E-state index is 11.0. The molecule has 0 fully saturated rings. The van der Waals surface area contributed by atoms with E-state index in [0.717, 1.165) is 26.9 Å². The Morgan fingerprint density at radius 2 is 1.38 bits per heavy atom. The second-order valence-electron chi connectivity index (χ2n) is 7.66. The molecule has 0 aliphatic heterocycles. The van der Waals surface area contributed by atoms with Gasteiger partial charge < -0.3 is 10.2 Å². The summed E-state index contributed by atoms with van der Waals surface area (Å²) in [5.41, 5.74) is 5.74. The third kappa shape index (κ3) is 4.09. The van der Waals surface area contributed by atoms with Crippen LogP contribution in [0.2, 0.25) is 0 Å². The summed E-state index contributed by atoms with van der Waals surface area (Å²) in [6.07, 6.45) is 2.90. The second-order valence-corrected chi connectivity index (χ2v) is 8.58. The Balaban J connectivity index is 1.63. The topological polar surface area (TPSA) is 70.7 Å². The molecule has 0 saturated carbocycles. The Hall–Kier alpha value is -3.64. The summed E-state index contributed by atoms with van der Waals surface area (Å²) in [5.74, 6) is 0.307. The van der Waals surface area contributed by atoms with Crippen LogP contribution in [0.3, 0.4) is 0 Å². The van der Waals surface area contributed by atoms with Crippen LogP contribution >= 0.6 is 15.9 Å². The van der Waals surface area contributed by atoms with Crippen LogP contribution in [0.5, 0.6) is 11.6 Å². The lowest BCUT2D eigenvalue weighted by molar-refractivity contribution is 0.442. The van der Waals surface area contributed by atoms with Gasteiger partial charge in [0.1, 0.15) is 11.4 Å². The quantitative estimate of drug-likeness (QED) is 0.332. The molecule has 0 unspecified atom stereocenters. The van der Waals surface area contributed by atoms with E-state index in [1.165, 1.54) is 0 Å². The molecule has 0 radical (unpaired) electrons. The van der Waals surface area contributed by atoms with Gasteiger partial charge in [0, 0.05) is 29.1 Å². The van der Waals surface area contributed by atoms with Crippen molar-refractivity contribution >= 4 is 21.6 Å². The first-order valence-corrected chi connectivity index (χ1v) is 11.0. The van der Waals surface area contributed by atoms with E-state index in [2.05, 4.69) is 28.1 Å². The minimum atomic E-state index is 0.111. The smallest absolute Gasteiger partial charge is 0.219 e. The average molecular weight is 486 g/mol. The first-order chi connectivity index (χ1) is 15.6. The number of benzene rings is 3. The molecule has 0 bridgehead atoms. The standard InChI is InChI=1S/C26H20BrN3O2/c27-20-10-6-18(7-11-20)15-23-26(32)30-16-24(19-8-12-21(31)13-9-19)28-22(25(30)29-23)14-17-4-2-1-3-5-17/h1-13,16,31-32H,14-15H2. The number of aromatic hydroxyl groups is 2. The van der Waals surface area contributed by atoms with Crippen LogP contribution in [-0.2, 0) is 12.8 Å². The second kappa shape index (κ2) is 8.48. The Morgan fingerprint density at radius 3 is 2.09 bits per heavy atom. The molecule has 2 aromatic heterocycles. The van der Waals surface area contributed by atoms with Gasteiger partial charge in [0.05, 0.1) is 11.4 Å². The van der Waals surface area contributed by atoms with Gasteiger partial charge in [-0.25, -0.2) is 9.97 Å². The lowest BCUT2D eigenvalue weighted by Gasteiger charge is -2.08. The van der Waals surface area contributed by atoms with Crippen molar-refractivity contribution in [1.82, 2.24) is 14.4 Å². The highest BCUT2D eigenvalue weighted by Gasteiger charge is 2.18. The van der Waals surface area contributed by atoms with E-state index in [4.69, 9.17) is 9.97 Å². The van der Waals surface area contributed by atoms with E-state index < -0.39 is 0 Å². The summed E-state index contributed by atoms with van der Waals surface area (Å²) in [6.45, 7) is 0. The predicted octanol–water partition coefficient (Wildman–Crippen LogP) is 5.75. The summed E-state index contributed by atoms with van der Waals surface area (Å²) in [6, 6.07) is 25.0. The zero-order valence-corrected chi connectivity index (χ0v) is 18.7. The summed E-state index contributed by atoms with van der Waals surface area (Å²) in [5, 5.41) is 20.7. The van der Waals surface area contributed by atoms with Crippen LogP contribution in [0.15, 0.2) is 89.5 Å². The first-order valence-electron chi connectivity index (χ1n) is 10.2. The molecule has 0 aliphatic rings. The maximum absolute atomic E-state index is 11.0. The number of hydrogen-bond acceptors (Lipinski definition) is 4. The van der Waals surface area contributed by atoms with Gasteiger partial charge >= 0.3 is 0 Å². The number of aromatic nitrogens is 3. The summed E-state index contributed by atoms with van der Waals surface area (Å²) < 4.78 is 2.72. The van der Waals surface area contributed by atoms with Gasteiger partial charge in [-0.2, -0.15) is 0 Å². The molecule has 5 rings (SSSR count). The summed E-state index contributed by atoms with van der Waals surface area (Å²) >= 11 is 3.46. The monoisotopic (exact) mass is 485 g/mol. The third-order valence-electron chi connectivity index (χ3n) is 5.38. The van der Waals surface area contributed by atoms with Crippen molar-refractivity contribution < 1.29 is 10.2 Å². The third-order valence-corrected chi connectivity index (χ3v) is 5.91. The number of fused-ring (bicyclic) bond motifs is 1. The van der Waals surface area contributed by atoms with Gasteiger partial charge in [0.15, 0.2) is 5.65 Å². The SMILES string of the molecule is Oc1ccc(-c2cn3c(O)c(Cc4ccc(Br)cc4)nc3c(Cc3ccccc3)n2)cc1. The highest BCUT2D eigenvalue weighted by molar-refractivity contribution is 9.10. The molecule has 3 aromatic carbocycles. The lowest BCUT2D eigenvalue weighted by Crippen LogP contribution is -2.00.